The number of nitrogens with one attached hydrogen (secondary N) is 1. The maximum absolute atomic E-state index is 4.68. The third kappa shape index (κ3) is 2.56. The summed E-state index contributed by atoms with van der Waals surface area (Å²) in [7, 11) is 2.23. The lowest BCUT2D eigenvalue weighted by Gasteiger charge is -2.35. The predicted octanol–water partition coefficient (Wildman–Crippen LogP) is 1.84. The zero-order valence-electron chi connectivity index (χ0n) is 12.6. The van der Waals surface area contributed by atoms with Crippen LogP contribution in [0.4, 0.5) is 0 Å². The van der Waals surface area contributed by atoms with Crippen molar-refractivity contribution in [1.82, 2.24) is 24.8 Å². The standard InChI is InChI=1S/C16H23N5/c1-20-8-5-13(6-9-20)21-10-4-12(11-21)15-18-14-3-2-7-17-16(14)19-15/h2-3,7,12-13H,4-6,8-11H2,1H3,(H,17,18,19)/t12-/m0/s1. The van der Waals surface area contributed by atoms with Gasteiger partial charge in [-0.3, -0.25) is 4.90 Å². The van der Waals surface area contributed by atoms with Crippen LogP contribution in [0.25, 0.3) is 11.2 Å². The summed E-state index contributed by atoms with van der Waals surface area (Å²) in [5.41, 5.74) is 1.91. The minimum absolute atomic E-state index is 0.541. The van der Waals surface area contributed by atoms with Gasteiger partial charge in [-0.2, -0.15) is 0 Å². The van der Waals surface area contributed by atoms with Crippen molar-refractivity contribution < 1.29 is 0 Å². The summed E-state index contributed by atoms with van der Waals surface area (Å²) in [4.78, 5) is 17.6. The molecule has 0 amide bonds. The van der Waals surface area contributed by atoms with E-state index in [1.165, 1.54) is 38.9 Å². The zero-order valence-corrected chi connectivity index (χ0v) is 12.6. The van der Waals surface area contributed by atoms with Gasteiger partial charge >= 0.3 is 0 Å². The molecule has 21 heavy (non-hydrogen) atoms. The number of H-pyrrole nitrogens is 1. The highest BCUT2D eigenvalue weighted by molar-refractivity contribution is 5.70. The number of aromatic nitrogens is 3. The molecule has 2 aliphatic rings. The lowest BCUT2D eigenvalue weighted by Crippen LogP contribution is -2.42. The monoisotopic (exact) mass is 285 g/mol. The predicted molar refractivity (Wildman–Crippen MR) is 83.3 cm³/mol. The van der Waals surface area contributed by atoms with E-state index in [1.807, 2.05) is 12.3 Å². The fourth-order valence-electron chi connectivity index (χ4n) is 3.76. The van der Waals surface area contributed by atoms with Crippen LogP contribution in [0.1, 0.15) is 31.0 Å². The van der Waals surface area contributed by atoms with Crippen molar-refractivity contribution in [1.29, 1.82) is 0 Å². The first-order valence-electron chi connectivity index (χ1n) is 8.03. The summed E-state index contributed by atoms with van der Waals surface area (Å²) in [6, 6.07) is 4.79. The number of nitrogens with zero attached hydrogens (tertiary/aromatic N) is 4. The van der Waals surface area contributed by atoms with Crippen LogP contribution in [0, 0.1) is 0 Å². The molecule has 2 aromatic rings. The quantitative estimate of drug-likeness (QED) is 0.914. The lowest BCUT2D eigenvalue weighted by molar-refractivity contribution is 0.142. The van der Waals surface area contributed by atoms with Gasteiger partial charge in [0.15, 0.2) is 5.65 Å². The van der Waals surface area contributed by atoms with E-state index in [0.29, 0.717) is 5.92 Å². The molecule has 2 fully saturated rings. The topological polar surface area (TPSA) is 48.1 Å². The average Bonchev–Trinajstić information content (AvgIpc) is 3.14. The molecule has 0 radical (unpaired) electrons. The lowest BCUT2D eigenvalue weighted by atomic mass is 10.0. The van der Waals surface area contributed by atoms with Crippen LogP contribution in [-0.2, 0) is 0 Å². The molecule has 2 saturated heterocycles. The van der Waals surface area contributed by atoms with Gasteiger partial charge in [-0.25, -0.2) is 9.97 Å². The summed E-state index contributed by atoms with van der Waals surface area (Å²) < 4.78 is 0. The number of imidazole rings is 1. The third-order valence-electron chi connectivity index (χ3n) is 5.09. The molecule has 2 aromatic heterocycles. The van der Waals surface area contributed by atoms with Crippen molar-refractivity contribution in [3.63, 3.8) is 0 Å². The van der Waals surface area contributed by atoms with Crippen molar-refractivity contribution in [3.05, 3.63) is 24.2 Å². The van der Waals surface area contributed by atoms with Gasteiger partial charge in [0.25, 0.3) is 0 Å². The Bertz CT molecular complexity index is 581. The highest BCUT2D eigenvalue weighted by atomic mass is 15.2. The molecule has 1 atom stereocenters. The van der Waals surface area contributed by atoms with Gasteiger partial charge in [0, 0.05) is 24.7 Å². The average molecular weight is 285 g/mol. The van der Waals surface area contributed by atoms with Crippen molar-refractivity contribution in [2.75, 3.05) is 33.2 Å². The SMILES string of the molecule is CN1CCC(N2CC[C@H](c3nc4ncccc4[nH]3)C2)CC1. The Labute approximate surface area is 125 Å². The zero-order chi connectivity index (χ0) is 14.2. The van der Waals surface area contributed by atoms with Gasteiger partial charge < -0.3 is 9.88 Å². The van der Waals surface area contributed by atoms with Gasteiger partial charge in [0.1, 0.15) is 5.82 Å². The van der Waals surface area contributed by atoms with Gasteiger partial charge in [-0.1, -0.05) is 0 Å². The number of hydrogen-bond acceptors (Lipinski definition) is 4. The van der Waals surface area contributed by atoms with Crippen molar-refractivity contribution in [2.45, 2.75) is 31.2 Å². The number of rotatable bonds is 2. The summed E-state index contributed by atoms with van der Waals surface area (Å²) in [6.07, 6.45) is 5.65. The second kappa shape index (κ2) is 5.39. The molecule has 0 unspecified atom stereocenters. The van der Waals surface area contributed by atoms with E-state index in [-0.39, 0.29) is 0 Å². The Balaban J connectivity index is 1.46. The maximum Gasteiger partial charge on any atom is 0.177 e. The number of aromatic amines is 1. The Morgan fingerprint density at radius 3 is 2.86 bits per heavy atom. The maximum atomic E-state index is 4.68. The molecule has 0 aromatic carbocycles. The Hall–Kier alpha value is -1.46. The van der Waals surface area contributed by atoms with Gasteiger partial charge in [-0.05, 0) is 58.1 Å². The Morgan fingerprint density at radius 1 is 1.19 bits per heavy atom. The number of fused-ring (bicyclic) bond motifs is 1. The van der Waals surface area contributed by atoms with Crippen molar-refractivity contribution in [3.8, 4) is 0 Å². The molecule has 0 bridgehead atoms. The van der Waals surface area contributed by atoms with E-state index in [4.69, 9.17) is 0 Å². The number of piperidine rings is 1. The van der Waals surface area contributed by atoms with Crippen LogP contribution in [0.3, 0.4) is 0 Å². The fraction of sp³-hybridized carbons (Fsp3) is 0.625. The van der Waals surface area contributed by atoms with Gasteiger partial charge in [0.2, 0.25) is 0 Å². The van der Waals surface area contributed by atoms with Gasteiger partial charge in [-0.15, -0.1) is 0 Å². The molecule has 0 spiro atoms. The van der Waals surface area contributed by atoms with E-state index in [0.717, 1.165) is 29.6 Å². The van der Waals surface area contributed by atoms with Crippen LogP contribution < -0.4 is 0 Å². The molecule has 0 saturated carbocycles. The summed E-state index contributed by atoms with van der Waals surface area (Å²) in [6.45, 7) is 4.83. The summed E-state index contributed by atoms with van der Waals surface area (Å²) >= 11 is 0. The van der Waals surface area contributed by atoms with E-state index in [9.17, 15) is 0 Å². The van der Waals surface area contributed by atoms with E-state index < -0.39 is 0 Å². The largest absolute Gasteiger partial charge is 0.340 e. The van der Waals surface area contributed by atoms with E-state index in [1.54, 1.807) is 0 Å². The highest BCUT2D eigenvalue weighted by Gasteiger charge is 2.32. The Morgan fingerprint density at radius 2 is 2.05 bits per heavy atom. The number of pyridine rings is 1. The van der Waals surface area contributed by atoms with Crippen LogP contribution in [0.5, 0.6) is 0 Å². The molecule has 0 aliphatic carbocycles. The van der Waals surface area contributed by atoms with Crippen LogP contribution >= 0.6 is 0 Å². The van der Waals surface area contributed by atoms with Gasteiger partial charge in [0.05, 0.1) is 5.52 Å². The minimum Gasteiger partial charge on any atom is -0.340 e. The first kappa shape index (κ1) is 13.2. The molecule has 5 heteroatoms. The molecule has 4 rings (SSSR count). The Kier molecular flexibility index (Phi) is 3.39. The molecular weight excluding hydrogens is 262 g/mol. The summed E-state index contributed by atoms with van der Waals surface area (Å²) in [5, 5.41) is 0. The van der Waals surface area contributed by atoms with Crippen molar-refractivity contribution >= 4 is 11.2 Å². The first-order chi connectivity index (χ1) is 10.3. The molecular formula is C16H23N5. The molecule has 1 N–H and O–H groups in total. The number of hydrogen-bond donors (Lipinski definition) is 1. The molecule has 2 aliphatic heterocycles. The normalized spacial score (nSPS) is 25.9. The van der Waals surface area contributed by atoms with E-state index >= 15 is 0 Å². The van der Waals surface area contributed by atoms with E-state index in [2.05, 4.69) is 37.9 Å². The van der Waals surface area contributed by atoms with Crippen molar-refractivity contribution in [2.24, 2.45) is 0 Å². The molecule has 112 valence electrons. The number of likely N-dealkylation sites (tertiary alicyclic amines) is 2. The highest BCUT2D eigenvalue weighted by Crippen LogP contribution is 2.30. The second-order valence-electron chi connectivity index (χ2n) is 6.51. The van der Waals surface area contributed by atoms with Crippen LogP contribution in [0.15, 0.2) is 18.3 Å². The fourth-order valence-corrected chi connectivity index (χ4v) is 3.76. The molecule has 4 heterocycles. The third-order valence-corrected chi connectivity index (χ3v) is 5.09. The molecule has 5 nitrogen and oxygen atoms in total. The second-order valence-corrected chi connectivity index (χ2v) is 6.51. The van der Waals surface area contributed by atoms with Crippen LogP contribution in [0.2, 0.25) is 0 Å². The summed E-state index contributed by atoms with van der Waals surface area (Å²) in [5.74, 6) is 1.66. The smallest absolute Gasteiger partial charge is 0.177 e. The van der Waals surface area contributed by atoms with Crippen LogP contribution in [-0.4, -0.2) is 64.0 Å². The minimum atomic E-state index is 0.541. The first-order valence-corrected chi connectivity index (χ1v) is 8.03.